The fourth-order valence-corrected chi connectivity index (χ4v) is 3.66. The van der Waals surface area contributed by atoms with Crippen LogP contribution in [0.2, 0.25) is 0 Å². The van der Waals surface area contributed by atoms with E-state index in [1.165, 1.54) is 43.4 Å². The highest BCUT2D eigenvalue weighted by molar-refractivity contribution is 14.1. The molecule has 0 amide bonds. The molecule has 0 saturated heterocycles. The fourth-order valence-electron chi connectivity index (χ4n) is 2.61. The third-order valence-corrected chi connectivity index (χ3v) is 4.50. The van der Waals surface area contributed by atoms with Crippen LogP contribution in [0.15, 0.2) is 35.5 Å². The first-order valence-corrected chi connectivity index (χ1v) is 6.57. The van der Waals surface area contributed by atoms with Gasteiger partial charge in [0.2, 0.25) is 0 Å². The summed E-state index contributed by atoms with van der Waals surface area (Å²) >= 11 is 2.46. The minimum absolute atomic E-state index is 1.19. The molecular weight excluding hydrogens is 297 g/mol. The van der Waals surface area contributed by atoms with Crippen LogP contribution in [-0.4, -0.2) is 0 Å². The molecule has 1 heterocycles. The first kappa shape index (κ1) is 9.70. The van der Waals surface area contributed by atoms with Gasteiger partial charge in [-0.2, -0.15) is 0 Å². The van der Waals surface area contributed by atoms with Gasteiger partial charge in [0.15, 0.2) is 0 Å². The standard InChI is InChI=1S/C13H14IN/c14-15-12-7-3-1-5-10(12)9-11-6-2-4-8-13(11)15/h1,3,5,7H,2,4,6,8-9H2. The van der Waals surface area contributed by atoms with E-state index in [1.807, 2.05) is 0 Å². The molecule has 1 aliphatic heterocycles. The lowest BCUT2D eigenvalue weighted by Gasteiger charge is -2.33. The SMILES string of the molecule is IN1C2=C(CCCC2)Cc2ccccc21. The summed E-state index contributed by atoms with van der Waals surface area (Å²) in [5, 5.41) is 0. The van der Waals surface area contributed by atoms with E-state index in [9.17, 15) is 0 Å². The predicted molar refractivity (Wildman–Crippen MR) is 72.1 cm³/mol. The van der Waals surface area contributed by atoms with Crippen LogP contribution in [0.4, 0.5) is 5.69 Å². The second-order valence-corrected chi connectivity index (χ2v) is 5.31. The van der Waals surface area contributed by atoms with E-state index >= 15 is 0 Å². The van der Waals surface area contributed by atoms with Gasteiger partial charge in [-0.05, 0) is 49.3 Å². The molecule has 0 radical (unpaired) electrons. The van der Waals surface area contributed by atoms with Crippen LogP contribution >= 0.6 is 22.9 Å². The number of halogens is 1. The van der Waals surface area contributed by atoms with Crippen molar-refractivity contribution < 1.29 is 0 Å². The third-order valence-electron chi connectivity index (χ3n) is 3.39. The van der Waals surface area contributed by atoms with E-state index in [0.29, 0.717) is 0 Å². The van der Waals surface area contributed by atoms with Crippen LogP contribution < -0.4 is 3.11 Å². The van der Waals surface area contributed by atoms with Gasteiger partial charge in [-0.1, -0.05) is 18.2 Å². The molecule has 0 atom stereocenters. The van der Waals surface area contributed by atoms with Crippen LogP contribution in [0.25, 0.3) is 0 Å². The first-order valence-electron chi connectivity index (χ1n) is 5.61. The first-order chi connectivity index (χ1) is 7.36. The molecular formula is C13H14IN. The fraction of sp³-hybridized carbons (Fsp3) is 0.385. The minimum Gasteiger partial charge on any atom is -0.287 e. The number of nitrogens with zero attached hydrogens (tertiary/aromatic N) is 1. The Kier molecular flexibility index (Phi) is 2.47. The molecule has 1 aliphatic carbocycles. The molecule has 0 fully saturated rings. The van der Waals surface area contributed by atoms with E-state index in [1.54, 1.807) is 11.3 Å². The Bertz CT molecular complexity index is 422. The summed E-state index contributed by atoms with van der Waals surface area (Å²) in [5.41, 5.74) is 6.15. The summed E-state index contributed by atoms with van der Waals surface area (Å²) in [6.45, 7) is 0. The lowest BCUT2D eigenvalue weighted by Crippen LogP contribution is -2.21. The number of allylic oxidation sites excluding steroid dienone is 2. The zero-order chi connectivity index (χ0) is 10.3. The molecule has 0 bridgehead atoms. The largest absolute Gasteiger partial charge is 0.287 e. The molecule has 1 aromatic rings. The van der Waals surface area contributed by atoms with Crippen LogP contribution in [0.3, 0.4) is 0 Å². The molecule has 0 spiro atoms. The lowest BCUT2D eigenvalue weighted by atomic mass is 9.88. The predicted octanol–water partition coefficient (Wildman–Crippen LogP) is 4.23. The van der Waals surface area contributed by atoms with E-state index in [-0.39, 0.29) is 0 Å². The van der Waals surface area contributed by atoms with Gasteiger partial charge >= 0.3 is 0 Å². The van der Waals surface area contributed by atoms with Gasteiger partial charge in [0.25, 0.3) is 0 Å². The highest BCUT2D eigenvalue weighted by Crippen LogP contribution is 2.41. The average Bonchev–Trinajstić information content (AvgIpc) is 2.30. The highest BCUT2D eigenvalue weighted by Gasteiger charge is 2.24. The maximum absolute atomic E-state index is 2.46. The van der Waals surface area contributed by atoms with Gasteiger partial charge < -0.3 is 0 Å². The summed E-state index contributed by atoms with van der Waals surface area (Å²) < 4.78 is 2.38. The second kappa shape index (κ2) is 3.81. The number of benzene rings is 1. The van der Waals surface area contributed by atoms with Crippen LogP contribution in [0, 0.1) is 0 Å². The van der Waals surface area contributed by atoms with Crippen molar-refractivity contribution in [3.05, 3.63) is 41.1 Å². The summed E-state index contributed by atoms with van der Waals surface area (Å²) in [6.07, 6.45) is 6.51. The van der Waals surface area contributed by atoms with Gasteiger partial charge in [-0.15, -0.1) is 0 Å². The Balaban J connectivity index is 2.07. The molecule has 0 aromatic heterocycles. The molecule has 0 saturated carbocycles. The van der Waals surface area contributed by atoms with Crippen molar-refractivity contribution in [1.82, 2.24) is 0 Å². The molecule has 0 N–H and O–H groups in total. The van der Waals surface area contributed by atoms with E-state index in [0.717, 1.165) is 0 Å². The molecule has 15 heavy (non-hydrogen) atoms. The molecule has 0 unspecified atom stereocenters. The molecule has 2 aliphatic rings. The smallest absolute Gasteiger partial charge is 0.0643 e. The Hall–Kier alpha value is -0.510. The van der Waals surface area contributed by atoms with Crippen molar-refractivity contribution in [2.45, 2.75) is 32.1 Å². The third kappa shape index (κ3) is 1.59. The highest BCUT2D eigenvalue weighted by atomic mass is 127. The number of fused-ring (bicyclic) bond motifs is 1. The summed E-state index contributed by atoms with van der Waals surface area (Å²) in [7, 11) is 0. The van der Waals surface area contributed by atoms with Crippen molar-refractivity contribution >= 4 is 28.6 Å². The quantitative estimate of drug-likeness (QED) is 0.512. The Morgan fingerprint density at radius 3 is 2.80 bits per heavy atom. The number of para-hydroxylation sites is 1. The molecule has 1 aromatic carbocycles. The van der Waals surface area contributed by atoms with E-state index in [4.69, 9.17) is 0 Å². The summed E-state index contributed by atoms with van der Waals surface area (Å²) in [4.78, 5) is 0. The Morgan fingerprint density at radius 2 is 1.87 bits per heavy atom. The van der Waals surface area contributed by atoms with Gasteiger partial charge in [0.05, 0.1) is 28.6 Å². The number of rotatable bonds is 0. The topological polar surface area (TPSA) is 3.24 Å². The van der Waals surface area contributed by atoms with E-state index < -0.39 is 0 Å². The number of hydrogen-bond donors (Lipinski definition) is 0. The Morgan fingerprint density at radius 1 is 1.07 bits per heavy atom. The van der Waals surface area contributed by atoms with Crippen molar-refractivity contribution in [2.24, 2.45) is 0 Å². The Labute approximate surface area is 105 Å². The number of hydrogen-bond acceptors (Lipinski definition) is 1. The molecule has 78 valence electrons. The van der Waals surface area contributed by atoms with Crippen molar-refractivity contribution in [1.29, 1.82) is 0 Å². The van der Waals surface area contributed by atoms with Gasteiger partial charge in [-0.3, -0.25) is 3.11 Å². The van der Waals surface area contributed by atoms with E-state index in [2.05, 4.69) is 50.2 Å². The summed E-state index contributed by atoms with van der Waals surface area (Å²) in [5.74, 6) is 0. The zero-order valence-electron chi connectivity index (χ0n) is 8.67. The van der Waals surface area contributed by atoms with Crippen LogP contribution in [0.5, 0.6) is 0 Å². The van der Waals surface area contributed by atoms with Gasteiger partial charge in [-0.25, -0.2) is 0 Å². The molecule has 2 heteroatoms. The second-order valence-electron chi connectivity index (χ2n) is 4.34. The average molecular weight is 311 g/mol. The van der Waals surface area contributed by atoms with Gasteiger partial charge in [0.1, 0.15) is 0 Å². The van der Waals surface area contributed by atoms with Crippen LogP contribution in [0.1, 0.15) is 31.2 Å². The zero-order valence-corrected chi connectivity index (χ0v) is 10.8. The van der Waals surface area contributed by atoms with Crippen molar-refractivity contribution in [3.8, 4) is 0 Å². The van der Waals surface area contributed by atoms with Crippen molar-refractivity contribution in [2.75, 3.05) is 3.11 Å². The minimum atomic E-state index is 1.19. The monoisotopic (exact) mass is 311 g/mol. The van der Waals surface area contributed by atoms with Crippen molar-refractivity contribution in [3.63, 3.8) is 0 Å². The molecule has 1 nitrogen and oxygen atoms in total. The van der Waals surface area contributed by atoms with Gasteiger partial charge in [0, 0.05) is 5.70 Å². The summed E-state index contributed by atoms with van der Waals surface area (Å²) in [6, 6.07) is 8.79. The maximum atomic E-state index is 2.46. The molecule has 3 rings (SSSR count). The normalized spacial score (nSPS) is 19.9. The number of anilines is 1. The van der Waals surface area contributed by atoms with Crippen LogP contribution in [-0.2, 0) is 6.42 Å². The maximum Gasteiger partial charge on any atom is 0.0643 e. The lowest BCUT2D eigenvalue weighted by molar-refractivity contribution is 0.651.